The van der Waals surface area contributed by atoms with Gasteiger partial charge in [-0.05, 0) is 52.7 Å². The summed E-state index contributed by atoms with van der Waals surface area (Å²) in [4.78, 5) is 12.4. The van der Waals surface area contributed by atoms with E-state index in [1.54, 1.807) is 0 Å². The molecule has 0 aliphatic carbocycles. The van der Waals surface area contributed by atoms with E-state index in [0.29, 0.717) is 0 Å². The van der Waals surface area contributed by atoms with Gasteiger partial charge in [0.15, 0.2) is 0 Å². The first-order valence-corrected chi connectivity index (χ1v) is 6.72. The molecule has 0 aromatic heterocycles. The summed E-state index contributed by atoms with van der Waals surface area (Å²) in [6.07, 6.45) is 0. The molecule has 3 nitrogen and oxygen atoms in total. The van der Waals surface area contributed by atoms with Gasteiger partial charge in [-0.1, -0.05) is 24.3 Å². The van der Waals surface area contributed by atoms with Gasteiger partial charge in [0.1, 0.15) is 0 Å². The molecule has 0 bridgehead atoms. The van der Waals surface area contributed by atoms with Crippen LogP contribution in [0, 0.1) is 12.3 Å². The van der Waals surface area contributed by atoms with Gasteiger partial charge in [-0.3, -0.25) is 4.79 Å². The second kappa shape index (κ2) is 5.33. The van der Waals surface area contributed by atoms with Gasteiger partial charge in [0.05, 0.1) is 11.5 Å². The largest absolute Gasteiger partial charge is 0.349 e. The number of carbonyl (C=O) groups excluding carboxylic acids is 1. The van der Waals surface area contributed by atoms with E-state index >= 15 is 0 Å². The fourth-order valence-electron chi connectivity index (χ4n) is 1.82. The predicted octanol–water partition coefficient (Wildman–Crippen LogP) is 2.94. The lowest BCUT2D eigenvalue weighted by Gasteiger charge is -2.37. The van der Waals surface area contributed by atoms with Crippen molar-refractivity contribution in [3.8, 4) is 0 Å². The molecular formula is C16H26N2O. The third-order valence-corrected chi connectivity index (χ3v) is 4.18. The smallest absolute Gasteiger partial charge is 0.227 e. The van der Waals surface area contributed by atoms with Crippen molar-refractivity contribution in [2.45, 2.75) is 53.1 Å². The molecule has 0 fully saturated rings. The van der Waals surface area contributed by atoms with Crippen LogP contribution in [-0.4, -0.2) is 11.4 Å². The number of aryl methyl sites for hydroxylation is 1. The summed E-state index contributed by atoms with van der Waals surface area (Å²) in [6, 6.07) is 8.07. The van der Waals surface area contributed by atoms with E-state index in [2.05, 4.69) is 18.3 Å². The number of rotatable bonds is 4. The standard InChI is InChI=1S/C16H26N2O/c1-11-9-7-8-10-13(11)12(2)18-14(19)15(3,4)16(5,6)17/h7-10,12H,17H2,1-6H3,(H,18,19)/t12-/m1/s1. The molecule has 3 N–H and O–H groups in total. The minimum atomic E-state index is -0.621. The van der Waals surface area contributed by atoms with Crippen LogP contribution >= 0.6 is 0 Å². The molecule has 3 heteroatoms. The van der Waals surface area contributed by atoms with E-state index in [1.165, 1.54) is 5.56 Å². The highest BCUT2D eigenvalue weighted by molar-refractivity contribution is 5.83. The number of nitrogens with two attached hydrogens (primary N) is 1. The van der Waals surface area contributed by atoms with Gasteiger partial charge >= 0.3 is 0 Å². The summed E-state index contributed by atoms with van der Waals surface area (Å²) >= 11 is 0. The van der Waals surface area contributed by atoms with Crippen LogP contribution in [-0.2, 0) is 4.79 Å². The van der Waals surface area contributed by atoms with Gasteiger partial charge in [0, 0.05) is 5.54 Å². The monoisotopic (exact) mass is 262 g/mol. The summed E-state index contributed by atoms with van der Waals surface area (Å²) in [5, 5.41) is 3.06. The molecule has 0 heterocycles. The molecule has 0 aliphatic heterocycles. The van der Waals surface area contributed by atoms with E-state index in [1.807, 2.05) is 52.8 Å². The number of benzene rings is 1. The quantitative estimate of drug-likeness (QED) is 0.876. The van der Waals surface area contributed by atoms with Crippen molar-refractivity contribution in [2.75, 3.05) is 0 Å². The molecule has 19 heavy (non-hydrogen) atoms. The predicted molar refractivity (Wildman–Crippen MR) is 79.8 cm³/mol. The fourth-order valence-corrected chi connectivity index (χ4v) is 1.82. The number of hydrogen-bond donors (Lipinski definition) is 2. The van der Waals surface area contributed by atoms with E-state index in [4.69, 9.17) is 5.73 Å². The van der Waals surface area contributed by atoms with Crippen molar-refractivity contribution in [3.05, 3.63) is 35.4 Å². The van der Waals surface area contributed by atoms with Crippen molar-refractivity contribution in [1.29, 1.82) is 0 Å². The number of amides is 1. The lowest BCUT2D eigenvalue weighted by molar-refractivity contribution is -0.132. The Hall–Kier alpha value is -1.35. The van der Waals surface area contributed by atoms with Crippen LogP contribution in [0.4, 0.5) is 0 Å². The first-order valence-electron chi connectivity index (χ1n) is 6.72. The SMILES string of the molecule is Cc1ccccc1[C@@H](C)NC(=O)C(C)(C)C(C)(C)N. The highest BCUT2D eigenvalue weighted by Crippen LogP contribution is 2.29. The minimum Gasteiger partial charge on any atom is -0.349 e. The molecule has 106 valence electrons. The third kappa shape index (κ3) is 3.35. The van der Waals surface area contributed by atoms with Crippen molar-refractivity contribution in [1.82, 2.24) is 5.32 Å². The highest BCUT2D eigenvalue weighted by Gasteiger charge is 2.40. The van der Waals surface area contributed by atoms with E-state index in [-0.39, 0.29) is 11.9 Å². The molecule has 1 aromatic carbocycles. The minimum absolute atomic E-state index is 0.0178. The first kappa shape index (κ1) is 15.7. The van der Waals surface area contributed by atoms with Crippen LogP contribution in [0.1, 0.15) is 51.8 Å². The summed E-state index contributed by atoms with van der Waals surface area (Å²) in [6.45, 7) is 11.6. The Bertz CT molecular complexity index is 458. The summed E-state index contributed by atoms with van der Waals surface area (Å²) in [5.41, 5.74) is 7.23. The number of hydrogen-bond acceptors (Lipinski definition) is 2. The number of nitrogens with one attached hydrogen (secondary N) is 1. The lowest BCUT2D eigenvalue weighted by atomic mass is 9.74. The summed E-state index contributed by atoms with van der Waals surface area (Å²) in [7, 11) is 0. The van der Waals surface area contributed by atoms with E-state index in [9.17, 15) is 4.79 Å². The Balaban J connectivity index is 2.87. The first-order chi connectivity index (χ1) is 8.57. The topological polar surface area (TPSA) is 55.1 Å². The van der Waals surface area contributed by atoms with Crippen LogP contribution < -0.4 is 11.1 Å². The third-order valence-electron chi connectivity index (χ3n) is 4.18. The molecule has 0 radical (unpaired) electrons. The van der Waals surface area contributed by atoms with Crippen LogP contribution in [0.15, 0.2) is 24.3 Å². The summed E-state index contributed by atoms with van der Waals surface area (Å²) in [5.74, 6) is -0.0178. The van der Waals surface area contributed by atoms with Gasteiger partial charge in [-0.15, -0.1) is 0 Å². The van der Waals surface area contributed by atoms with Crippen molar-refractivity contribution in [3.63, 3.8) is 0 Å². The van der Waals surface area contributed by atoms with Gasteiger partial charge in [0.25, 0.3) is 0 Å². The van der Waals surface area contributed by atoms with Crippen LogP contribution in [0.3, 0.4) is 0 Å². The fraction of sp³-hybridized carbons (Fsp3) is 0.562. The average Bonchev–Trinajstić information content (AvgIpc) is 2.27. The van der Waals surface area contributed by atoms with Crippen molar-refractivity contribution < 1.29 is 4.79 Å². The maximum atomic E-state index is 12.4. The zero-order valence-corrected chi connectivity index (χ0v) is 12.9. The molecule has 0 aliphatic rings. The Labute approximate surface area is 116 Å². The number of carbonyl (C=O) groups is 1. The second-order valence-electron chi connectivity index (χ2n) is 6.40. The Kier molecular flexibility index (Phi) is 4.41. The van der Waals surface area contributed by atoms with Crippen molar-refractivity contribution >= 4 is 5.91 Å². The molecule has 1 rings (SSSR count). The van der Waals surface area contributed by atoms with E-state index in [0.717, 1.165) is 5.56 Å². The Morgan fingerprint density at radius 1 is 1.21 bits per heavy atom. The Morgan fingerprint density at radius 2 is 1.74 bits per heavy atom. The maximum Gasteiger partial charge on any atom is 0.227 e. The molecule has 1 atom stereocenters. The lowest BCUT2D eigenvalue weighted by Crippen LogP contribution is -2.55. The van der Waals surface area contributed by atoms with Crippen LogP contribution in [0.5, 0.6) is 0 Å². The maximum absolute atomic E-state index is 12.4. The second-order valence-corrected chi connectivity index (χ2v) is 6.40. The van der Waals surface area contributed by atoms with Gasteiger partial charge in [-0.25, -0.2) is 0 Å². The van der Waals surface area contributed by atoms with Crippen molar-refractivity contribution in [2.24, 2.45) is 11.1 Å². The highest BCUT2D eigenvalue weighted by atomic mass is 16.2. The van der Waals surface area contributed by atoms with E-state index < -0.39 is 11.0 Å². The Morgan fingerprint density at radius 3 is 2.21 bits per heavy atom. The zero-order chi connectivity index (χ0) is 14.8. The molecular weight excluding hydrogens is 236 g/mol. The van der Waals surface area contributed by atoms with Gasteiger partial charge in [-0.2, -0.15) is 0 Å². The molecule has 0 saturated carbocycles. The van der Waals surface area contributed by atoms with Gasteiger partial charge in [0.2, 0.25) is 5.91 Å². The molecule has 1 amide bonds. The summed E-state index contributed by atoms with van der Waals surface area (Å²) < 4.78 is 0. The van der Waals surface area contributed by atoms with Crippen LogP contribution in [0.2, 0.25) is 0 Å². The zero-order valence-electron chi connectivity index (χ0n) is 12.9. The molecule has 0 unspecified atom stereocenters. The molecule has 1 aromatic rings. The van der Waals surface area contributed by atoms with Crippen LogP contribution in [0.25, 0.3) is 0 Å². The average molecular weight is 262 g/mol. The van der Waals surface area contributed by atoms with Gasteiger partial charge < -0.3 is 11.1 Å². The normalized spacial score (nSPS) is 14.1. The molecule has 0 saturated heterocycles. The molecule has 0 spiro atoms.